The fourth-order valence-electron chi connectivity index (χ4n) is 3.30. The molecule has 0 spiro atoms. The highest BCUT2D eigenvalue weighted by Gasteiger charge is 2.32. The second-order valence-electron chi connectivity index (χ2n) is 7.13. The zero-order valence-electron chi connectivity index (χ0n) is 16.0. The van der Waals surface area contributed by atoms with Gasteiger partial charge in [0.1, 0.15) is 0 Å². The van der Waals surface area contributed by atoms with Gasteiger partial charge in [0.2, 0.25) is 21.8 Å². The number of nitrogens with zero attached hydrogens (tertiary/aromatic N) is 1. The minimum Gasteiger partial charge on any atom is -0.366 e. The Labute approximate surface area is 185 Å². The molecule has 160 valence electrons. The van der Waals surface area contributed by atoms with Crippen molar-refractivity contribution in [3.63, 3.8) is 0 Å². The van der Waals surface area contributed by atoms with Crippen LogP contribution in [0.4, 0.5) is 5.69 Å². The molecule has 0 unspecified atom stereocenters. The Kier molecular flexibility index (Phi) is 7.02. The quantitative estimate of drug-likeness (QED) is 0.675. The van der Waals surface area contributed by atoms with E-state index in [9.17, 15) is 18.0 Å². The fraction of sp³-hybridized carbons (Fsp3) is 0.300. The average Bonchev–Trinajstić information content (AvgIpc) is 2.71. The predicted octanol–water partition coefficient (Wildman–Crippen LogP) is 3.27. The minimum absolute atomic E-state index is 0.106. The molecule has 0 saturated carbocycles. The fourth-order valence-corrected chi connectivity index (χ4v) is 5.22. The van der Waals surface area contributed by atoms with E-state index in [0.29, 0.717) is 46.2 Å². The molecule has 1 atom stereocenters. The lowest BCUT2D eigenvalue weighted by atomic mass is 9.98. The van der Waals surface area contributed by atoms with Crippen LogP contribution in [0, 0.1) is 5.92 Å². The molecule has 1 fully saturated rings. The molecule has 1 aliphatic rings. The standard InChI is InChI=1S/C20H21Cl2N3O4S/c21-17-8-3-13(10-18(17)22)12-30(28,29)25-9-1-2-15(11-25)20(27)24-16-6-4-14(5-7-16)19(23)26/h3-8,10,15H,1-2,9,11-12H2,(H2,23,26)(H,24,27)/t15-/m1/s1. The molecule has 1 heterocycles. The van der Waals surface area contributed by atoms with E-state index in [0.717, 1.165) is 0 Å². The van der Waals surface area contributed by atoms with Crippen LogP contribution in [0.2, 0.25) is 10.0 Å². The number of sulfonamides is 1. The lowest BCUT2D eigenvalue weighted by Crippen LogP contribution is -2.44. The van der Waals surface area contributed by atoms with Gasteiger partial charge in [-0.15, -0.1) is 0 Å². The third kappa shape index (κ3) is 5.51. The molecule has 2 amide bonds. The SMILES string of the molecule is NC(=O)c1ccc(NC(=O)[C@@H]2CCCN(S(=O)(=O)Cc3ccc(Cl)c(Cl)c3)C2)cc1. The van der Waals surface area contributed by atoms with Gasteiger partial charge < -0.3 is 11.1 Å². The van der Waals surface area contributed by atoms with Crippen molar-refractivity contribution in [1.82, 2.24) is 4.31 Å². The van der Waals surface area contributed by atoms with Crippen LogP contribution in [0.15, 0.2) is 42.5 Å². The Balaban J connectivity index is 1.65. The summed E-state index contributed by atoms with van der Waals surface area (Å²) in [5.74, 6) is -1.51. The number of rotatable bonds is 6. The largest absolute Gasteiger partial charge is 0.366 e. The number of piperidine rings is 1. The van der Waals surface area contributed by atoms with Crippen LogP contribution in [-0.2, 0) is 20.6 Å². The second-order valence-corrected chi connectivity index (χ2v) is 9.92. The van der Waals surface area contributed by atoms with Gasteiger partial charge in [-0.05, 0) is 54.8 Å². The molecule has 10 heteroatoms. The van der Waals surface area contributed by atoms with Crippen molar-refractivity contribution < 1.29 is 18.0 Å². The number of nitrogens with two attached hydrogens (primary N) is 1. The van der Waals surface area contributed by atoms with Crippen LogP contribution in [0.3, 0.4) is 0 Å². The number of halogens is 2. The highest BCUT2D eigenvalue weighted by Crippen LogP contribution is 2.26. The van der Waals surface area contributed by atoms with Gasteiger partial charge in [0.15, 0.2) is 0 Å². The van der Waals surface area contributed by atoms with E-state index in [-0.39, 0.29) is 18.2 Å². The van der Waals surface area contributed by atoms with Gasteiger partial charge in [0, 0.05) is 24.3 Å². The van der Waals surface area contributed by atoms with Crippen LogP contribution < -0.4 is 11.1 Å². The lowest BCUT2D eigenvalue weighted by Gasteiger charge is -2.31. The zero-order valence-corrected chi connectivity index (χ0v) is 18.3. The molecule has 0 bridgehead atoms. The van der Waals surface area contributed by atoms with E-state index < -0.39 is 21.8 Å². The first-order valence-electron chi connectivity index (χ1n) is 9.28. The molecule has 0 aromatic heterocycles. The van der Waals surface area contributed by atoms with Crippen LogP contribution in [0.5, 0.6) is 0 Å². The Morgan fingerprint density at radius 3 is 2.43 bits per heavy atom. The molecule has 7 nitrogen and oxygen atoms in total. The Morgan fingerprint density at radius 2 is 1.80 bits per heavy atom. The van der Waals surface area contributed by atoms with Crippen LogP contribution in [0.25, 0.3) is 0 Å². The topological polar surface area (TPSA) is 110 Å². The molecule has 2 aromatic rings. The van der Waals surface area contributed by atoms with Gasteiger partial charge in [-0.3, -0.25) is 9.59 Å². The molecule has 2 aromatic carbocycles. The molecule has 1 aliphatic heterocycles. The van der Waals surface area contributed by atoms with Crippen molar-refractivity contribution >= 4 is 50.7 Å². The van der Waals surface area contributed by atoms with Crippen molar-refractivity contribution in [3.05, 3.63) is 63.6 Å². The van der Waals surface area contributed by atoms with Crippen LogP contribution in [-0.4, -0.2) is 37.6 Å². The van der Waals surface area contributed by atoms with E-state index in [2.05, 4.69) is 5.32 Å². The molecular weight excluding hydrogens is 449 g/mol. The number of carbonyl (C=O) groups excluding carboxylic acids is 2. The van der Waals surface area contributed by atoms with Crippen molar-refractivity contribution in [1.29, 1.82) is 0 Å². The van der Waals surface area contributed by atoms with Gasteiger partial charge in [-0.1, -0.05) is 29.3 Å². The Hall–Kier alpha value is -2.13. The van der Waals surface area contributed by atoms with Gasteiger partial charge in [-0.25, -0.2) is 12.7 Å². The summed E-state index contributed by atoms with van der Waals surface area (Å²) < 4.78 is 27.1. The number of benzene rings is 2. The van der Waals surface area contributed by atoms with Gasteiger partial charge >= 0.3 is 0 Å². The van der Waals surface area contributed by atoms with Crippen LogP contribution >= 0.6 is 23.2 Å². The number of primary amides is 1. The van der Waals surface area contributed by atoms with Gasteiger partial charge in [-0.2, -0.15) is 0 Å². The third-order valence-corrected chi connectivity index (χ3v) is 7.47. The maximum Gasteiger partial charge on any atom is 0.248 e. The maximum absolute atomic E-state index is 12.9. The number of amides is 2. The van der Waals surface area contributed by atoms with Crippen LogP contribution in [0.1, 0.15) is 28.8 Å². The molecule has 3 rings (SSSR count). The second kappa shape index (κ2) is 9.34. The van der Waals surface area contributed by atoms with Crippen molar-refractivity contribution in [2.45, 2.75) is 18.6 Å². The summed E-state index contributed by atoms with van der Waals surface area (Å²) in [6.45, 7) is 0.468. The van der Waals surface area contributed by atoms with E-state index in [1.165, 1.54) is 22.5 Å². The highest BCUT2D eigenvalue weighted by molar-refractivity contribution is 7.88. The maximum atomic E-state index is 12.9. The highest BCUT2D eigenvalue weighted by atomic mass is 35.5. The molecule has 0 radical (unpaired) electrons. The number of hydrogen-bond donors (Lipinski definition) is 2. The first kappa shape index (κ1) is 22.6. The zero-order chi connectivity index (χ0) is 21.9. The molecule has 0 aliphatic carbocycles. The predicted molar refractivity (Wildman–Crippen MR) is 117 cm³/mol. The molecule has 3 N–H and O–H groups in total. The Morgan fingerprint density at radius 1 is 1.10 bits per heavy atom. The number of hydrogen-bond acceptors (Lipinski definition) is 4. The monoisotopic (exact) mass is 469 g/mol. The first-order chi connectivity index (χ1) is 14.2. The Bertz CT molecular complexity index is 1060. The molecular formula is C20H21Cl2N3O4S. The van der Waals surface area contributed by atoms with E-state index in [4.69, 9.17) is 28.9 Å². The smallest absolute Gasteiger partial charge is 0.248 e. The minimum atomic E-state index is -3.62. The molecule has 30 heavy (non-hydrogen) atoms. The summed E-state index contributed by atoms with van der Waals surface area (Å²) in [5.41, 5.74) is 6.59. The normalized spacial score (nSPS) is 17.5. The summed E-state index contributed by atoms with van der Waals surface area (Å²) >= 11 is 11.9. The summed E-state index contributed by atoms with van der Waals surface area (Å²) in [6.07, 6.45) is 1.17. The summed E-state index contributed by atoms with van der Waals surface area (Å²) in [6, 6.07) is 10.9. The van der Waals surface area contributed by atoms with Gasteiger partial charge in [0.05, 0.1) is 21.7 Å². The lowest BCUT2D eigenvalue weighted by molar-refractivity contribution is -0.120. The van der Waals surface area contributed by atoms with E-state index >= 15 is 0 Å². The third-order valence-electron chi connectivity index (χ3n) is 4.92. The average molecular weight is 470 g/mol. The summed E-state index contributed by atoms with van der Waals surface area (Å²) in [5, 5.41) is 3.42. The number of carbonyl (C=O) groups is 2. The summed E-state index contributed by atoms with van der Waals surface area (Å²) in [7, 11) is -3.62. The number of anilines is 1. The summed E-state index contributed by atoms with van der Waals surface area (Å²) in [4.78, 5) is 23.8. The van der Waals surface area contributed by atoms with Crippen molar-refractivity contribution in [2.24, 2.45) is 11.7 Å². The first-order valence-corrected chi connectivity index (χ1v) is 11.6. The van der Waals surface area contributed by atoms with Gasteiger partial charge in [0.25, 0.3) is 0 Å². The van der Waals surface area contributed by atoms with Crippen molar-refractivity contribution in [2.75, 3.05) is 18.4 Å². The van der Waals surface area contributed by atoms with Crippen molar-refractivity contribution in [3.8, 4) is 0 Å². The van der Waals surface area contributed by atoms with E-state index in [1.807, 2.05) is 0 Å². The van der Waals surface area contributed by atoms with E-state index in [1.54, 1.807) is 24.3 Å². The molecule has 1 saturated heterocycles. The number of nitrogens with one attached hydrogen (secondary N) is 1.